The lowest BCUT2D eigenvalue weighted by Crippen LogP contribution is -2.37. The number of carboxylic acids is 1. The van der Waals surface area contributed by atoms with Crippen molar-refractivity contribution < 1.29 is 18.3 Å². The van der Waals surface area contributed by atoms with E-state index in [0.717, 1.165) is 12.8 Å². The Bertz CT molecular complexity index is 817. The molecule has 1 heterocycles. The summed E-state index contributed by atoms with van der Waals surface area (Å²) in [7, 11) is -3.77. The molecule has 0 amide bonds. The van der Waals surface area contributed by atoms with Gasteiger partial charge in [0.1, 0.15) is 6.07 Å². The van der Waals surface area contributed by atoms with Gasteiger partial charge < -0.3 is 5.11 Å². The van der Waals surface area contributed by atoms with Crippen molar-refractivity contribution in [3.63, 3.8) is 0 Å². The highest BCUT2D eigenvalue weighted by Crippen LogP contribution is 2.50. The van der Waals surface area contributed by atoms with Gasteiger partial charge in [-0.05, 0) is 52.9 Å². The lowest BCUT2D eigenvalue weighted by atomic mass is 9.81. The smallest absolute Gasteiger partial charge is 0.311 e. The molecule has 1 aromatic carbocycles. The van der Waals surface area contributed by atoms with Crippen molar-refractivity contribution in [1.82, 2.24) is 4.31 Å². The van der Waals surface area contributed by atoms with Gasteiger partial charge in [-0.3, -0.25) is 4.79 Å². The van der Waals surface area contributed by atoms with Gasteiger partial charge >= 0.3 is 5.97 Å². The number of fused-ring (bicyclic) bond motifs is 1. The summed E-state index contributed by atoms with van der Waals surface area (Å²) in [4.78, 5) is 11.8. The van der Waals surface area contributed by atoms with E-state index >= 15 is 0 Å². The van der Waals surface area contributed by atoms with Crippen molar-refractivity contribution in [2.45, 2.75) is 24.2 Å². The van der Waals surface area contributed by atoms with Crippen molar-refractivity contribution in [1.29, 1.82) is 5.26 Å². The third-order valence-corrected chi connectivity index (χ3v) is 7.43. The zero-order valence-electron chi connectivity index (χ0n) is 12.2. The highest BCUT2D eigenvalue weighted by molar-refractivity contribution is 9.10. The second-order valence-corrected chi connectivity index (χ2v) is 8.89. The lowest BCUT2D eigenvalue weighted by Gasteiger charge is -2.23. The van der Waals surface area contributed by atoms with E-state index in [-0.39, 0.29) is 23.9 Å². The van der Waals surface area contributed by atoms with E-state index in [4.69, 9.17) is 5.26 Å². The molecule has 0 aromatic heterocycles. The molecule has 1 aromatic rings. The van der Waals surface area contributed by atoms with Crippen molar-refractivity contribution in [2.24, 2.45) is 11.3 Å². The lowest BCUT2D eigenvalue weighted by molar-refractivity contribution is -0.149. The Morgan fingerprint density at radius 3 is 2.78 bits per heavy atom. The topological polar surface area (TPSA) is 98.5 Å². The molecule has 0 bridgehead atoms. The Balaban J connectivity index is 1.95. The van der Waals surface area contributed by atoms with E-state index in [1.165, 1.54) is 22.5 Å². The molecule has 1 aliphatic heterocycles. The number of benzene rings is 1. The van der Waals surface area contributed by atoms with Crippen molar-refractivity contribution in [2.75, 3.05) is 13.1 Å². The fourth-order valence-electron chi connectivity index (χ4n) is 3.67. The van der Waals surface area contributed by atoms with Crippen LogP contribution in [0.3, 0.4) is 0 Å². The molecule has 3 rings (SSSR count). The van der Waals surface area contributed by atoms with Crippen LogP contribution in [0.4, 0.5) is 0 Å². The summed E-state index contributed by atoms with van der Waals surface area (Å²) < 4.78 is 27.3. The number of nitriles is 1. The zero-order valence-corrected chi connectivity index (χ0v) is 14.6. The van der Waals surface area contributed by atoms with Crippen LogP contribution < -0.4 is 0 Å². The summed E-state index contributed by atoms with van der Waals surface area (Å²) >= 11 is 3.19. The first-order valence-corrected chi connectivity index (χ1v) is 9.48. The average Bonchev–Trinajstić information content (AvgIpc) is 3.05. The Morgan fingerprint density at radius 1 is 1.48 bits per heavy atom. The molecule has 1 aliphatic carbocycles. The summed E-state index contributed by atoms with van der Waals surface area (Å²) in [6.07, 6.45) is 2.10. The fraction of sp³-hybridized carbons (Fsp3) is 0.467. The molecule has 1 N–H and O–H groups in total. The standard InChI is InChI=1S/C15H15BrN2O4S/c16-13-6-12(4-3-10(13)7-17)23(21,22)18-8-11-2-1-5-15(11,9-18)14(19)20/h3-4,6,11H,1-2,5,8-9H2,(H,19,20)/t11-,15+/m0/s1. The predicted octanol–water partition coefficient (Wildman–Crippen LogP) is 2.20. The van der Waals surface area contributed by atoms with E-state index in [1.807, 2.05) is 6.07 Å². The molecule has 122 valence electrons. The van der Waals surface area contributed by atoms with Crippen molar-refractivity contribution in [3.8, 4) is 6.07 Å². The number of halogens is 1. The maximum Gasteiger partial charge on any atom is 0.311 e. The van der Waals surface area contributed by atoms with Crippen LogP contribution in [0.1, 0.15) is 24.8 Å². The van der Waals surface area contributed by atoms with E-state index in [1.54, 1.807) is 0 Å². The van der Waals surface area contributed by atoms with Gasteiger partial charge in [-0.25, -0.2) is 8.42 Å². The molecule has 2 fully saturated rings. The van der Waals surface area contributed by atoms with Crippen LogP contribution in [0.25, 0.3) is 0 Å². The number of carboxylic acid groups (broad SMARTS) is 1. The number of nitrogens with zero attached hydrogens (tertiary/aromatic N) is 2. The number of hydrogen-bond donors (Lipinski definition) is 1. The third kappa shape index (κ3) is 2.47. The Hall–Kier alpha value is -1.43. The summed E-state index contributed by atoms with van der Waals surface area (Å²) in [5.74, 6) is -1.03. The molecular weight excluding hydrogens is 384 g/mol. The molecular formula is C15H15BrN2O4S. The molecule has 1 saturated carbocycles. The van der Waals surface area contributed by atoms with Crippen LogP contribution in [0, 0.1) is 22.7 Å². The van der Waals surface area contributed by atoms with Gasteiger partial charge in [0.25, 0.3) is 0 Å². The maximum absolute atomic E-state index is 12.8. The number of carbonyl (C=O) groups is 1. The van der Waals surface area contributed by atoms with Gasteiger partial charge in [-0.2, -0.15) is 9.57 Å². The molecule has 8 heteroatoms. The fourth-order valence-corrected chi connectivity index (χ4v) is 5.87. The number of sulfonamides is 1. The van der Waals surface area contributed by atoms with Crippen molar-refractivity contribution in [3.05, 3.63) is 28.2 Å². The normalized spacial score (nSPS) is 27.6. The van der Waals surface area contributed by atoms with E-state index in [0.29, 0.717) is 16.5 Å². The van der Waals surface area contributed by atoms with Crippen LogP contribution in [0.5, 0.6) is 0 Å². The molecule has 0 unspecified atom stereocenters. The van der Waals surface area contributed by atoms with E-state index in [2.05, 4.69) is 15.9 Å². The van der Waals surface area contributed by atoms with Gasteiger partial charge in [0, 0.05) is 17.6 Å². The van der Waals surface area contributed by atoms with E-state index < -0.39 is 21.4 Å². The predicted molar refractivity (Wildman–Crippen MR) is 85.0 cm³/mol. The monoisotopic (exact) mass is 398 g/mol. The van der Waals surface area contributed by atoms with Gasteiger partial charge in [0.05, 0.1) is 15.9 Å². The molecule has 0 spiro atoms. The number of hydrogen-bond acceptors (Lipinski definition) is 4. The van der Waals surface area contributed by atoms with Crippen molar-refractivity contribution >= 4 is 31.9 Å². The first-order chi connectivity index (χ1) is 10.8. The van der Waals surface area contributed by atoms with Crippen LogP contribution in [0.2, 0.25) is 0 Å². The Labute approximate surface area is 142 Å². The third-order valence-electron chi connectivity index (χ3n) is 4.96. The minimum Gasteiger partial charge on any atom is -0.481 e. The van der Waals surface area contributed by atoms with Crippen LogP contribution in [-0.4, -0.2) is 36.9 Å². The second-order valence-electron chi connectivity index (χ2n) is 6.10. The molecule has 2 atom stereocenters. The zero-order chi connectivity index (χ0) is 16.8. The first kappa shape index (κ1) is 16.4. The molecule has 0 radical (unpaired) electrons. The molecule has 1 saturated heterocycles. The quantitative estimate of drug-likeness (QED) is 0.840. The van der Waals surface area contributed by atoms with Gasteiger partial charge in [0.2, 0.25) is 10.0 Å². The van der Waals surface area contributed by atoms with Gasteiger partial charge in [0.15, 0.2) is 0 Å². The maximum atomic E-state index is 12.8. The summed E-state index contributed by atoms with van der Waals surface area (Å²) in [5.41, 5.74) is -0.596. The highest BCUT2D eigenvalue weighted by Gasteiger charge is 2.57. The number of rotatable bonds is 3. The summed E-state index contributed by atoms with van der Waals surface area (Å²) in [6, 6.07) is 6.20. The van der Waals surface area contributed by atoms with Crippen LogP contribution in [0.15, 0.2) is 27.6 Å². The Morgan fingerprint density at radius 2 is 2.22 bits per heavy atom. The molecule has 23 heavy (non-hydrogen) atoms. The highest BCUT2D eigenvalue weighted by atomic mass is 79.9. The summed E-state index contributed by atoms with van der Waals surface area (Å²) in [5, 5.41) is 18.5. The number of aliphatic carboxylic acids is 1. The minimum absolute atomic E-state index is 0.0208. The van der Waals surface area contributed by atoms with E-state index in [9.17, 15) is 18.3 Å². The minimum atomic E-state index is -3.77. The molecule has 6 nitrogen and oxygen atoms in total. The second kappa shape index (κ2) is 5.58. The largest absolute Gasteiger partial charge is 0.481 e. The van der Waals surface area contributed by atoms with Gasteiger partial charge in [-0.15, -0.1) is 0 Å². The average molecular weight is 399 g/mol. The molecule has 2 aliphatic rings. The van der Waals surface area contributed by atoms with Gasteiger partial charge in [-0.1, -0.05) is 6.42 Å². The summed E-state index contributed by atoms with van der Waals surface area (Å²) in [6.45, 7) is 0.263. The Kier molecular flexibility index (Phi) is 3.99. The van der Waals surface area contributed by atoms with Crippen LogP contribution in [-0.2, 0) is 14.8 Å². The van der Waals surface area contributed by atoms with Crippen LogP contribution >= 0.6 is 15.9 Å². The first-order valence-electron chi connectivity index (χ1n) is 7.24. The SMILES string of the molecule is N#Cc1ccc(S(=O)(=O)N2C[C@@H]3CCC[C@@]3(C(=O)O)C2)cc1Br.